The Balaban J connectivity index is 1.32. The molecular weight excluding hydrogens is 424 g/mol. The molecule has 3 aromatic rings. The van der Waals surface area contributed by atoms with Gasteiger partial charge >= 0.3 is 0 Å². The van der Waals surface area contributed by atoms with E-state index in [2.05, 4.69) is 25.3 Å². The number of rotatable bonds is 7. The van der Waals surface area contributed by atoms with Gasteiger partial charge in [0.25, 0.3) is 5.69 Å². The third kappa shape index (κ3) is 5.24. The number of carbonyl (C=O) groups is 1. The summed E-state index contributed by atoms with van der Waals surface area (Å²) in [6, 6.07) is 15.2. The van der Waals surface area contributed by atoms with Crippen LogP contribution in [0.2, 0.25) is 0 Å². The van der Waals surface area contributed by atoms with Gasteiger partial charge in [-0.15, -0.1) is 0 Å². The van der Waals surface area contributed by atoms with Gasteiger partial charge in [-0.2, -0.15) is 4.98 Å². The van der Waals surface area contributed by atoms with E-state index < -0.39 is 4.92 Å². The predicted molar refractivity (Wildman–Crippen MR) is 122 cm³/mol. The molecule has 10 heteroatoms. The minimum Gasteiger partial charge on any atom is -0.337 e. The fraction of sp³-hybridized carbons (Fsp3) is 0.348. The summed E-state index contributed by atoms with van der Waals surface area (Å²) in [5.74, 6) is 0.947. The Bertz CT molecular complexity index is 1110. The quantitative estimate of drug-likeness (QED) is 0.430. The molecule has 2 aromatic carbocycles. The third-order valence-corrected chi connectivity index (χ3v) is 5.98. The summed E-state index contributed by atoms with van der Waals surface area (Å²) >= 11 is 0. The number of nitro groups is 1. The van der Waals surface area contributed by atoms with Gasteiger partial charge in [0, 0.05) is 49.6 Å². The summed E-state index contributed by atoms with van der Waals surface area (Å²) < 4.78 is 5.51. The van der Waals surface area contributed by atoms with Gasteiger partial charge in [-0.25, -0.2) is 0 Å². The van der Waals surface area contributed by atoms with E-state index in [0.29, 0.717) is 30.5 Å². The first-order chi connectivity index (χ1) is 15.9. The van der Waals surface area contributed by atoms with Crippen molar-refractivity contribution in [3.8, 4) is 11.4 Å². The number of nitrogens with zero attached hydrogens (tertiary/aromatic N) is 5. The highest BCUT2D eigenvalue weighted by Gasteiger charge is 2.30. The number of benzene rings is 2. The van der Waals surface area contributed by atoms with E-state index in [4.69, 9.17) is 4.52 Å². The van der Waals surface area contributed by atoms with Gasteiger partial charge in [0.05, 0.1) is 17.0 Å². The Kier molecular flexibility index (Phi) is 6.76. The van der Waals surface area contributed by atoms with Gasteiger partial charge in [0.15, 0.2) is 0 Å². The van der Waals surface area contributed by atoms with Crippen LogP contribution in [0.25, 0.3) is 11.4 Å². The number of nitrogens with one attached hydrogen (secondary N) is 1. The van der Waals surface area contributed by atoms with Crippen molar-refractivity contribution in [1.82, 2.24) is 19.9 Å². The number of hydrogen-bond acceptors (Lipinski definition) is 8. The Hall–Kier alpha value is -3.63. The lowest BCUT2D eigenvalue weighted by Gasteiger charge is -2.39. The predicted octanol–water partition coefficient (Wildman–Crippen LogP) is 3.35. The van der Waals surface area contributed by atoms with Crippen LogP contribution in [0.3, 0.4) is 0 Å². The molecule has 0 spiro atoms. The van der Waals surface area contributed by atoms with Gasteiger partial charge in [-0.3, -0.25) is 24.7 Å². The summed E-state index contributed by atoms with van der Waals surface area (Å²) in [4.78, 5) is 32.1. The number of carbonyl (C=O) groups excluding carboxylic acids is 1. The van der Waals surface area contributed by atoms with Crippen molar-refractivity contribution in [2.24, 2.45) is 0 Å². The van der Waals surface area contributed by atoms with Crippen molar-refractivity contribution >= 4 is 17.3 Å². The Labute approximate surface area is 191 Å². The summed E-state index contributed by atoms with van der Waals surface area (Å²) in [6.07, 6.45) is 0. The number of aromatic nitrogens is 2. The normalized spacial score (nSPS) is 16.8. The molecule has 1 aromatic heterocycles. The van der Waals surface area contributed by atoms with E-state index in [1.807, 2.05) is 44.2 Å². The van der Waals surface area contributed by atoms with Crippen molar-refractivity contribution in [3.05, 3.63) is 70.6 Å². The minimum atomic E-state index is -0.480. The number of non-ortho nitro benzene ring substituents is 1. The lowest BCUT2D eigenvalue weighted by atomic mass is 10.1. The van der Waals surface area contributed by atoms with Gasteiger partial charge in [0.2, 0.25) is 17.6 Å². The van der Waals surface area contributed by atoms with Gasteiger partial charge in [-0.1, -0.05) is 41.6 Å². The molecule has 0 bridgehead atoms. The van der Waals surface area contributed by atoms with Crippen LogP contribution in [0, 0.1) is 10.1 Å². The van der Waals surface area contributed by atoms with Crippen LogP contribution >= 0.6 is 0 Å². The molecule has 172 valence electrons. The number of anilines is 1. The molecule has 4 rings (SSSR count). The summed E-state index contributed by atoms with van der Waals surface area (Å²) in [6.45, 7) is 6.78. The standard InChI is InChI=1S/C23H26N6O4/c1-16(22(30)24-19-9-6-10-20(15-19)29(31)32)27-11-13-28(14-12-27)17(2)23-25-21(26-33-23)18-7-4-3-5-8-18/h3-10,15-17H,11-14H2,1-2H3,(H,24,30)/t16-,17+/m1/s1. The molecular formula is C23H26N6O4. The molecule has 1 saturated heterocycles. The second-order valence-electron chi connectivity index (χ2n) is 8.04. The zero-order chi connectivity index (χ0) is 23.4. The molecule has 0 unspecified atom stereocenters. The molecule has 1 fully saturated rings. The van der Waals surface area contributed by atoms with Gasteiger partial charge < -0.3 is 9.84 Å². The number of piperazine rings is 1. The van der Waals surface area contributed by atoms with E-state index in [1.165, 1.54) is 12.1 Å². The highest BCUT2D eigenvalue weighted by molar-refractivity contribution is 5.94. The molecule has 33 heavy (non-hydrogen) atoms. The zero-order valence-electron chi connectivity index (χ0n) is 18.5. The van der Waals surface area contributed by atoms with E-state index in [1.54, 1.807) is 12.1 Å². The maximum absolute atomic E-state index is 12.7. The second-order valence-corrected chi connectivity index (χ2v) is 8.04. The van der Waals surface area contributed by atoms with Crippen LogP contribution in [0.15, 0.2) is 59.1 Å². The Morgan fingerprint density at radius 3 is 2.45 bits per heavy atom. The Morgan fingerprint density at radius 2 is 1.76 bits per heavy atom. The van der Waals surface area contributed by atoms with Crippen molar-refractivity contribution in [2.75, 3.05) is 31.5 Å². The summed E-state index contributed by atoms with van der Waals surface area (Å²) in [5.41, 5.74) is 1.27. The number of amides is 1. The highest BCUT2D eigenvalue weighted by Crippen LogP contribution is 2.24. The molecule has 2 atom stereocenters. The van der Waals surface area contributed by atoms with Crippen LogP contribution in [0.1, 0.15) is 25.8 Å². The van der Waals surface area contributed by atoms with Crippen molar-refractivity contribution in [2.45, 2.75) is 25.9 Å². The topological polar surface area (TPSA) is 118 Å². The second kappa shape index (κ2) is 9.88. The molecule has 1 aliphatic heterocycles. The minimum absolute atomic E-state index is 0.0360. The first-order valence-corrected chi connectivity index (χ1v) is 10.8. The monoisotopic (exact) mass is 450 g/mol. The third-order valence-electron chi connectivity index (χ3n) is 5.98. The van der Waals surface area contributed by atoms with E-state index >= 15 is 0 Å². The Morgan fingerprint density at radius 1 is 1.06 bits per heavy atom. The largest absolute Gasteiger partial charge is 0.337 e. The molecule has 1 aliphatic rings. The van der Waals surface area contributed by atoms with Crippen molar-refractivity contribution < 1.29 is 14.2 Å². The fourth-order valence-corrected chi connectivity index (χ4v) is 3.89. The summed E-state index contributed by atoms with van der Waals surface area (Å²) in [7, 11) is 0. The lowest BCUT2D eigenvalue weighted by Crippen LogP contribution is -2.53. The summed E-state index contributed by atoms with van der Waals surface area (Å²) in [5, 5.41) is 17.8. The molecule has 0 radical (unpaired) electrons. The first kappa shape index (κ1) is 22.6. The maximum atomic E-state index is 12.7. The lowest BCUT2D eigenvalue weighted by molar-refractivity contribution is -0.384. The van der Waals surface area contributed by atoms with Crippen molar-refractivity contribution in [1.29, 1.82) is 0 Å². The number of nitro benzene ring substituents is 1. The molecule has 1 amide bonds. The average Bonchev–Trinajstić information content (AvgIpc) is 3.34. The van der Waals surface area contributed by atoms with Crippen LogP contribution in [-0.4, -0.2) is 63.0 Å². The van der Waals surface area contributed by atoms with E-state index in [-0.39, 0.29) is 23.7 Å². The first-order valence-electron chi connectivity index (χ1n) is 10.8. The molecule has 0 saturated carbocycles. The SMILES string of the molecule is C[C@H](C(=O)Nc1cccc([N+](=O)[O-])c1)N1CCN([C@@H](C)c2nc(-c3ccccc3)no2)CC1. The highest BCUT2D eigenvalue weighted by atomic mass is 16.6. The van der Waals surface area contributed by atoms with E-state index in [9.17, 15) is 14.9 Å². The van der Waals surface area contributed by atoms with Gasteiger partial charge in [-0.05, 0) is 19.9 Å². The molecule has 1 N–H and O–H groups in total. The fourth-order valence-electron chi connectivity index (χ4n) is 3.89. The molecule has 10 nitrogen and oxygen atoms in total. The van der Waals surface area contributed by atoms with Crippen LogP contribution in [0.4, 0.5) is 11.4 Å². The van der Waals surface area contributed by atoms with Crippen LogP contribution in [-0.2, 0) is 4.79 Å². The molecule has 0 aliphatic carbocycles. The zero-order valence-corrected chi connectivity index (χ0v) is 18.5. The average molecular weight is 450 g/mol. The number of hydrogen-bond donors (Lipinski definition) is 1. The van der Waals surface area contributed by atoms with Crippen LogP contribution < -0.4 is 5.32 Å². The molecule has 2 heterocycles. The van der Waals surface area contributed by atoms with E-state index in [0.717, 1.165) is 18.7 Å². The van der Waals surface area contributed by atoms with Crippen molar-refractivity contribution in [3.63, 3.8) is 0 Å². The van der Waals surface area contributed by atoms with Crippen LogP contribution in [0.5, 0.6) is 0 Å². The van der Waals surface area contributed by atoms with Gasteiger partial charge in [0.1, 0.15) is 0 Å². The smallest absolute Gasteiger partial charge is 0.271 e. The maximum Gasteiger partial charge on any atom is 0.271 e.